The quantitative estimate of drug-likeness (QED) is 0.719. The van der Waals surface area contributed by atoms with Gasteiger partial charge in [0.1, 0.15) is 0 Å². The monoisotopic (exact) mass is 351 g/mol. The van der Waals surface area contributed by atoms with E-state index in [1.165, 1.54) is 0 Å². The molecule has 132 valence electrons. The average Bonchev–Trinajstić information content (AvgIpc) is 2.89. The lowest BCUT2D eigenvalue weighted by Crippen LogP contribution is -2.30. The molecule has 0 fully saturated rings. The van der Waals surface area contributed by atoms with Crippen molar-refractivity contribution in [1.29, 1.82) is 0 Å². The Morgan fingerprint density at radius 3 is 2.11 bits per heavy atom. The summed E-state index contributed by atoms with van der Waals surface area (Å²) < 4.78 is 0. The highest BCUT2D eigenvalue weighted by molar-refractivity contribution is 5.78. The van der Waals surface area contributed by atoms with E-state index in [2.05, 4.69) is 12.1 Å². The molecule has 0 aliphatic heterocycles. The predicted molar refractivity (Wildman–Crippen MR) is 112 cm³/mol. The second kappa shape index (κ2) is 7.14. The largest absolute Gasteiger partial charge is 0.319 e. The van der Waals surface area contributed by atoms with Crippen molar-refractivity contribution >= 4 is 5.57 Å². The molecule has 0 saturated carbocycles. The molecule has 3 nitrogen and oxygen atoms in total. The van der Waals surface area contributed by atoms with Crippen LogP contribution < -0.4 is 5.73 Å². The summed E-state index contributed by atoms with van der Waals surface area (Å²) in [7, 11) is 0. The third kappa shape index (κ3) is 3.94. The molecule has 0 amide bonds. The normalized spacial score (nSPS) is 18.8. The highest BCUT2D eigenvalue weighted by Gasteiger charge is 2.14. The first-order chi connectivity index (χ1) is 13.1. The second-order valence-corrected chi connectivity index (χ2v) is 6.87. The molecule has 1 heterocycles. The van der Waals surface area contributed by atoms with E-state index < -0.39 is 5.54 Å². The van der Waals surface area contributed by atoms with Gasteiger partial charge in [0, 0.05) is 16.7 Å². The van der Waals surface area contributed by atoms with Crippen LogP contribution in [-0.2, 0) is 0 Å². The molecule has 1 aliphatic carbocycles. The van der Waals surface area contributed by atoms with E-state index in [0.717, 1.165) is 28.1 Å². The molecule has 3 heteroatoms. The van der Waals surface area contributed by atoms with Crippen molar-refractivity contribution in [2.45, 2.75) is 12.5 Å². The minimum absolute atomic E-state index is 0.462. The Labute approximate surface area is 159 Å². The minimum Gasteiger partial charge on any atom is -0.319 e. The summed E-state index contributed by atoms with van der Waals surface area (Å²) in [5.41, 5.74) is 10.6. The van der Waals surface area contributed by atoms with Crippen LogP contribution in [0.15, 0.2) is 97.1 Å². The molecule has 0 spiro atoms. The summed E-state index contributed by atoms with van der Waals surface area (Å²) in [5.74, 6) is 0.713. The number of hydrogen-bond acceptors (Lipinski definition) is 3. The molecule has 0 saturated heterocycles. The zero-order chi connectivity index (χ0) is 18.7. The van der Waals surface area contributed by atoms with Crippen molar-refractivity contribution in [3.8, 4) is 22.6 Å². The fraction of sp³-hybridized carbons (Fsp3) is 0.0833. The molecular formula is C24H21N3. The van der Waals surface area contributed by atoms with Crippen molar-refractivity contribution in [1.82, 2.24) is 9.97 Å². The van der Waals surface area contributed by atoms with Crippen LogP contribution in [0.4, 0.5) is 0 Å². The van der Waals surface area contributed by atoms with Gasteiger partial charge in [0.25, 0.3) is 0 Å². The number of rotatable bonds is 3. The van der Waals surface area contributed by atoms with E-state index in [1.54, 1.807) is 0 Å². The van der Waals surface area contributed by atoms with Crippen LogP contribution in [0.5, 0.6) is 0 Å². The summed E-state index contributed by atoms with van der Waals surface area (Å²) in [5, 5.41) is 0. The van der Waals surface area contributed by atoms with Gasteiger partial charge in [-0.05, 0) is 13.0 Å². The first-order valence-corrected chi connectivity index (χ1v) is 8.99. The molecule has 1 atom stereocenters. The first-order valence-electron chi connectivity index (χ1n) is 8.99. The average molecular weight is 351 g/mol. The number of hydrogen-bond donors (Lipinski definition) is 1. The highest BCUT2D eigenvalue weighted by Crippen LogP contribution is 2.27. The van der Waals surface area contributed by atoms with E-state index in [4.69, 9.17) is 15.7 Å². The lowest BCUT2D eigenvalue weighted by Gasteiger charge is -2.13. The smallest absolute Gasteiger partial charge is 0.160 e. The lowest BCUT2D eigenvalue weighted by molar-refractivity contribution is 0.736. The zero-order valence-electron chi connectivity index (χ0n) is 15.2. The fourth-order valence-corrected chi connectivity index (χ4v) is 2.98. The maximum atomic E-state index is 6.22. The molecule has 2 N–H and O–H groups in total. The standard InChI is InChI=1S/C24H21N3/c1-24(25)15-8-13-19(14-16-24)22-17-21(18-9-4-2-5-10-18)26-23(27-22)20-11-6-3-7-12-20/h2-17H,25H2,1H3. The van der Waals surface area contributed by atoms with E-state index in [0.29, 0.717) is 5.82 Å². The van der Waals surface area contributed by atoms with Crippen molar-refractivity contribution in [2.75, 3.05) is 0 Å². The number of benzene rings is 2. The van der Waals surface area contributed by atoms with Crippen molar-refractivity contribution in [2.24, 2.45) is 5.73 Å². The second-order valence-electron chi connectivity index (χ2n) is 6.87. The van der Waals surface area contributed by atoms with E-state index in [9.17, 15) is 0 Å². The molecule has 0 bridgehead atoms. The SMILES string of the molecule is CC1(N)C=CC=C(c2cc(-c3ccccc3)nc(-c3ccccc3)n2)C=C1. The van der Waals surface area contributed by atoms with Gasteiger partial charge in [-0.25, -0.2) is 9.97 Å². The van der Waals surface area contributed by atoms with Crippen molar-refractivity contribution < 1.29 is 0 Å². The van der Waals surface area contributed by atoms with Gasteiger partial charge < -0.3 is 5.73 Å². The van der Waals surface area contributed by atoms with Gasteiger partial charge in [-0.3, -0.25) is 0 Å². The summed E-state index contributed by atoms with van der Waals surface area (Å²) in [6, 6.07) is 22.3. The van der Waals surface area contributed by atoms with Crippen LogP contribution in [0.3, 0.4) is 0 Å². The van der Waals surface area contributed by atoms with Crippen LogP contribution in [0.2, 0.25) is 0 Å². The molecule has 4 rings (SSSR count). The number of allylic oxidation sites excluding steroid dienone is 4. The van der Waals surface area contributed by atoms with Gasteiger partial charge in [0.15, 0.2) is 5.82 Å². The zero-order valence-corrected chi connectivity index (χ0v) is 15.2. The van der Waals surface area contributed by atoms with Crippen molar-refractivity contribution in [3.63, 3.8) is 0 Å². The lowest BCUT2D eigenvalue weighted by atomic mass is 10.0. The maximum Gasteiger partial charge on any atom is 0.160 e. The molecule has 0 radical (unpaired) electrons. The van der Waals surface area contributed by atoms with Gasteiger partial charge in [-0.1, -0.05) is 91.0 Å². The highest BCUT2D eigenvalue weighted by atomic mass is 14.9. The van der Waals surface area contributed by atoms with E-state index >= 15 is 0 Å². The van der Waals surface area contributed by atoms with Crippen molar-refractivity contribution in [3.05, 3.63) is 103 Å². The summed E-state index contributed by atoms with van der Waals surface area (Å²) in [6.45, 7) is 1.97. The maximum absolute atomic E-state index is 6.22. The van der Waals surface area contributed by atoms with Gasteiger partial charge in [0.05, 0.1) is 16.9 Å². The number of nitrogens with zero attached hydrogens (tertiary/aromatic N) is 2. The van der Waals surface area contributed by atoms with Gasteiger partial charge in [-0.15, -0.1) is 0 Å². The Bertz CT molecular complexity index is 972. The summed E-state index contributed by atoms with van der Waals surface area (Å²) in [6.07, 6.45) is 10.0. The molecule has 1 aliphatic rings. The van der Waals surface area contributed by atoms with Gasteiger partial charge in [0.2, 0.25) is 0 Å². The van der Waals surface area contributed by atoms with Gasteiger partial charge in [-0.2, -0.15) is 0 Å². The fourth-order valence-electron chi connectivity index (χ4n) is 2.98. The van der Waals surface area contributed by atoms with Gasteiger partial charge >= 0.3 is 0 Å². The Hall–Kier alpha value is -3.30. The van der Waals surface area contributed by atoms with Crippen LogP contribution >= 0.6 is 0 Å². The Morgan fingerprint density at radius 1 is 0.778 bits per heavy atom. The summed E-state index contributed by atoms with van der Waals surface area (Å²) in [4.78, 5) is 9.65. The molecule has 1 unspecified atom stereocenters. The Balaban J connectivity index is 1.87. The van der Waals surface area contributed by atoms with Crippen LogP contribution in [-0.4, -0.2) is 15.5 Å². The summed E-state index contributed by atoms with van der Waals surface area (Å²) >= 11 is 0. The van der Waals surface area contributed by atoms with Crippen LogP contribution in [0.25, 0.3) is 28.2 Å². The topological polar surface area (TPSA) is 51.8 Å². The first kappa shape index (κ1) is 17.1. The molecule has 27 heavy (non-hydrogen) atoms. The third-order valence-corrected chi connectivity index (χ3v) is 4.48. The van der Waals surface area contributed by atoms with E-state index in [-0.39, 0.29) is 0 Å². The Morgan fingerprint density at radius 2 is 1.41 bits per heavy atom. The van der Waals surface area contributed by atoms with E-state index in [1.807, 2.05) is 91.9 Å². The minimum atomic E-state index is -0.462. The number of aromatic nitrogens is 2. The molecule has 1 aromatic heterocycles. The molecular weight excluding hydrogens is 330 g/mol. The van der Waals surface area contributed by atoms with Crippen LogP contribution in [0, 0.1) is 0 Å². The molecule has 3 aromatic rings. The molecule has 2 aromatic carbocycles. The van der Waals surface area contributed by atoms with Crippen LogP contribution in [0.1, 0.15) is 12.6 Å². The Kier molecular flexibility index (Phi) is 4.53. The number of nitrogens with two attached hydrogens (primary N) is 1. The third-order valence-electron chi connectivity index (χ3n) is 4.48. The predicted octanol–water partition coefficient (Wildman–Crippen LogP) is 5.04.